The van der Waals surface area contributed by atoms with Gasteiger partial charge in [0.05, 0.1) is 16.8 Å². The Balaban J connectivity index is 1.92. The van der Waals surface area contributed by atoms with Crippen LogP contribution in [0, 0.1) is 13.8 Å². The van der Waals surface area contributed by atoms with Crippen molar-refractivity contribution in [1.82, 2.24) is 19.9 Å². The van der Waals surface area contributed by atoms with E-state index < -0.39 is 15.9 Å². The van der Waals surface area contributed by atoms with Crippen molar-refractivity contribution in [2.24, 2.45) is 0 Å². The van der Waals surface area contributed by atoms with Crippen LogP contribution in [0.1, 0.15) is 28.5 Å². The Kier molecular flexibility index (Phi) is 4.75. The number of nitrogens with zero attached hydrogens (tertiary/aromatic N) is 2. The summed E-state index contributed by atoms with van der Waals surface area (Å²) >= 11 is 0. The Morgan fingerprint density at radius 1 is 1.23 bits per heavy atom. The van der Waals surface area contributed by atoms with Gasteiger partial charge in [-0.1, -0.05) is 13.0 Å². The number of anilines is 1. The van der Waals surface area contributed by atoms with E-state index in [4.69, 9.17) is 0 Å². The number of hydrogen-bond acceptors (Lipinski definition) is 5. The van der Waals surface area contributed by atoms with E-state index in [2.05, 4.69) is 25.2 Å². The standard InChI is InChI=1S/C17H19N5O3S/c1-4-19-26(24,25)13-6-5-10(2)14(8-13)17(23)20-12-7-15-11(3)21-22-16(15)18-9-12/h5-9,19H,4H2,1-3H3,(H,20,23)(H,18,21,22). The minimum absolute atomic E-state index is 0.0503. The average molecular weight is 373 g/mol. The van der Waals surface area contributed by atoms with Gasteiger partial charge in [0.1, 0.15) is 0 Å². The normalized spacial score (nSPS) is 11.7. The zero-order valence-electron chi connectivity index (χ0n) is 14.6. The molecule has 0 unspecified atom stereocenters. The van der Waals surface area contributed by atoms with Crippen molar-refractivity contribution in [3.8, 4) is 0 Å². The van der Waals surface area contributed by atoms with E-state index in [9.17, 15) is 13.2 Å². The molecule has 3 N–H and O–H groups in total. The van der Waals surface area contributed by atoms with Crippen LogP contribution in [0.15, 0.2) is 35.4 Å². The fourth-order valence-electron chi connectivity index (χ4n) is 2.57. The highest BCUT2D eigenvalue weighted by atomic mass is 32.2. The van der Waals surface area contributed by atoms with Crippen LogP contribution in [0.3, 0.4) is 0 Å². The fourth-order valence-corrected chi connectivity index (χ4v) is 3.64. The van der Waals surface area contributed by atoms with Gasteiger partial charge in [-0.15, -0.1) is 0 Å². The van der Waals surface area contributed by atoms with Crippen molar-refractivity contribution >= 4 is 32.7 Å². The van der Waals surface area contributed by atoms with E-state index in [1.54, 1.807) is 26.0 Å². The molecule has 0 saturated heterocycles. The summed E-state index contributed by atoms with van der Waals surface area (Å²) in [6.45, 7) is 5.58. The van der Waals surface area contributed by atoms with Crippen molar-refractivity contribution in [2.45, 2.75) is 25.7 Å². The number of H-pyrrole nitrogens is 1. The molecule has 3 rings (SSSR count). The summed E-state index contributed by atoms with van der Waals surface area (Å²) in [5.41, 5.74) is 2.87. The first-order valence-electron chi connectivity index (χ1n) is 8.04. The molecule has 0 spiro atoms. The Bertz CT molecular complexity index is 1090. The number of hydrogen-bond donors (Lipinski definition) is 3. The van der Waals surface area contributed by atoms with Gasteiger partial charge in [0.15, 0.2) is 5.65 Å². The maximum Gasteiger partial charge on any atom is 0.256 e. The highest BCUT2D eigenvalue weighted by molar-refractivity contribution is 7.89. The van der Waals surface area contributed by atoms with Gasteiger partial charge in [-0.25, -0.2) is 18.1 Å². The van der Waals surface area contributed by atoms with Crippen molar-refractivity contribution < 1.29 is 13.2 Å². The molecular weight excluding hydrogens is 354 g/mol. The first-order valence-corrected chi connectivity index (χ1v) is 9.52. The third-order valence-electron chi connectivity index (χ3n) is 3.96. The maximum atomic E-state index is 12.7. The predicted molar refractivity (Wildman–Crippen MR) is 98.6 cm³/mol. The summed E-state index contributed by atoms with van der Waals surface area (Å²) in [4.78, 5) is 16.9. The number of pyridine rings is 1. The zero-order chi connectivity index (χ0) is 18.9. The van der Waals surface area contributed by atoms with E-state index >= 15 is 0 Å². The van der Waals surface area contributed by atoms with Gasteiger partial charge in [-0.05, 0) is 37.6 Å². The molecule has 3 aromatic rings. The minimum Gasteiger partial charge on any atom is -0.321 e. The number of rotatable bonds is 5. The fraction of sp³-hybridized carbons (Fsp3) is 0.235. The van der Waals surface area contributed by atoms with Crippen LogP contribution in [0.25, 0.3) is 11.0 Å². The van der Waals surface area contributed by atoms with Gasteiger partial charge in [-0.2, -0.15) is 5.10 Å². The number of benzene rings is 1. The highest BCUT2D eigenvalue weighted by Gasteiger charge is 2.17. The SMILES string of the molecule is CCNS(=O)(=O)c1ccc(C)c(C(=O)Nc2cnc3n[nH]c(C)c3c2)c1. The Hall–Kier alpha value is -2.78. The molecule has 0 atom stereocenters. The van der Waals surface area contributed by atoms with Crippen LogP contribution >= 0.6 is 0 Å². The Labute approximate surface area is 151 Å². The molecule has 2 aromatic heterocycles. The van der Waals surface area contributed by atoms with Crippen LogP contribution in [-0.4, -0.2) is 36.1 Å². The molecule has 1 aromatic carbocycles. The summed E-state index contributed by atoms with van der Waals surface area (Å²) < 4.78 is 26.8. The molecule has 26 heavy (non-hydrogen) atoms. The zero-order valence-corrected chi connectivity index (χ0v) is 15.4. The van der Waals surface area contributed by atoms with Crippen LogP contribution in [-0.2, 0) is 10.0 Å². The van der Waals surface area contributed by atoms with Gasteiger partial charge in [0, 0.05) is 23.2 Å². The predicted octanol–water partition coefficient (Wildman–Crippen LogP) is 2.13. The van der Waals surface area contributed by atoms with Crippen LogP contribution in [0.5, 0.6) is 0 Å². The molecule has 0 aliphatic carbocycles. The second kappa shape index (κ2) is 6.85. The van der Waals surface area contributed by atoms with Crippen LogP contribution in [0.4, 0.5) is 5.69 Å². The summed E-state index contributed by atoms with van der Waals surface area (Å²) in [6, 6.07) is 6.23. The Morgan fingerprint density at radius 2 is 2.00 bits per heavy atom. The summed E-state index contributed by atoms with van der Waals surface area (Å²) in [5.74, 6) is -0.404. The van der Waals surface area contributed by atoms with Gasteiger partial charge in [0.2, 0.25) is 10.0 Å². The lowest BCUT2D eigenvalue weighted by Gasteiger charge is -2.10. The van der Waals surface area contributed by atoms with Crippen LogP contribution < -0.4 is 10.0 Å². The number of aromatic amines is 1. The number of carbonyl (C=O) groups is 1. The molecule has 2 heterocycles. The number of sulfonamides is 1. The third kappa shape index (κ3) is 3.44. The quantitative estimate of drug-likeness (QED) is 0.633. The van der Waals surface area contributed by atoms with Crippen molar-refractivity contribution in [2.75, 3.05) is 11.9 Å². The minimum atomic E-state index is -3.64. The number of carbonyl (C=O) groups excluding carboxylic acids is 1. The molecule has 9 heteroatoms. The average Bonchev–Trinajstić information content (AvgIpc) is 2.96. The second-order valence-corrected chi connectivity index (χ2v) is 7.64. The molecule has 8 nitrogen and oxygen atoms in total. The van der Waals surface area contributed by atoms with E-state index in [1.807, 2.05) is 6.92 Å². The summed E-state index contributed by atoms with van der Waals surface area (Å²) in [5, 5.41) is 10.4. The Morgan fingerprint density at radius 3 is 2.73 bits per heavy atom. The van der Waals surface area contributed by atoms with Gasteiger partial charge >= 0.3 is 0 Å². The number of aryl methyl sites for hydroxylation is 2. The van der Waals surface area contributed by atoms with E-state index in [0.717, 1.165) is 11.1 Å². The topological polar surface area (TPSA) is 117 Å². The van der Waals surface area contributed by atoms with E-state index in [-0.39, 0.29) is 17.0 Å². The summed E-state index contributed by atoms with van der Waals surface area (Å²) in [7, 11) is -3.64. The van der Waals surface area contributed by atoms with Crippen molar-refractivity contribution in [3.05, 3.63) is 47.3 Å². The molecular formula is C17H19N5O3S. The molecule has 0 bridgehead atoms. The van der Waals surface area contributed by atoms with Crippen LogP contribution in [0.2, 0.25) is 0 Å². The number of aromatic nitrogens is 3. The lowest BCUT2D eigenvalue weighted by atomic mass is 10.1. The second-order valence-electron chi connectivity index (χ2n) is 5.88. The van der Waals surface area contributed by atoms with E-state index in [0.29, 0.717) is 16.9 Å². The molecule has 0 radical (unpaired) electrons. The largest absolute Gasteiger partial charge is 0.321 e. The molecule has 0 saturated carbocycles. The lowest BCUT2D eigenvalue weighted by molar-refractivity contribution is 0.102. The van der Waals surface area contributed by atoms with Crippen molar-refractivity contribution in [1.29, 1.82) is 0 Å². The number of nitrogens with one attached hydrogen (secondary N) is 3. The highest BCUT2D eigenvalue weighted by Crippen LogP contribution is 2.20. The molecule has 0 fully saturated rings. The third-order valence-corrected chi connectivity index (χ3v) is 5.50. The molecule has 0 aliphatic heterocycles. The monoisotopic (exact) mass is 373 g/mol. The van der Waals surface area contributed by atoms with Gasteiger partial charge < -0.3 is 5.32 Å². The van der Waals surface area contributed by atoms with Gasteiger partial charge in [0.25, 0.3) is 5.91 Å². The molecule has 1 amide bonds. The maximum absolute atomic E-state index is 12.7. The van der Waals surface area contributed by atoms with Crippen molar-refractivity contribution in [3.63, 3.8) is 0 Å². The summed E-state index contributed by atoms with van der Waals surface area (Å²) in [6.07, 6.45) is 1.51. The smallest absolute Gasteiger partial charge is 0.256 e. The lowest BCUT2D eigenvalue weighted by Crippen LogP contribution is -2.24. The first kappa shape index (κ1) is 18.0. The number of fused-ring (bicyclic) bond motifs is 1. The number of amides is 1. The molecule has 136 valence electrons. The van der Waals surface area contributed by atoms with E-state index in [1.165, 1.54) is 18.3 Å². The molecule has 0 aliphatic rings. The van der Waals surface area contributed by atoms with Gasteiger partial charge in [-0.3, -0.25) is 9.89 Å². The first-order chi connectivity index (χ1) is 12.3.